The van der Waals surface area contributed by atoms with Crippen LogP contribution in [0.15, 0.2) is 0 Å². The Labute approximate surface area is 72.3 Å². The summed E-state index contributed by atoms with van der Waals surface area (Å²) in [4.78, 5) is 0. The molecule has 2 atom stereocenters. The predicted molar refractivity (Wildman–Crippen MR) is 27.9 cm³/mol. The molecule has 0 amide bonds. The summed E-state index contributed by atoms with van der Waals surface area (Å²) in [6, 6.07) is 0. The Kier molecular flexibility index (Phi) is 3.71. The summed E-state index contributed by atoms with van der Waals surface area (Å²) in [5.74, 6) is -5.90. The monoisotopic (exact) mass is 232 g/mol. The van der Waals surface area contributed by atoms with E-state index in [1.54, 1.807) is 0 Å². The lowest BCUT2D eigenvalue weighted by atomic mass is 10.1. The van der Waals surface area contributed by atoms with E-state index in [4.69, 9.17) is 5.11 Å². The van der Waals surface area contributed by atoms with Gasteiger partial charge in [-0.05, 0) is 0 Å². The molecule has 0 saturated carbocycles. The Bertz CT molecular complexity index is 187. The standard InChI is InChI=1S/C5H4F8O/c6-1(3(8)9)2(7)4(10,11)5(12,13)14/h1-3,14H. The van der Waals surface area contributed by atoms with E-state index in [9.17, 15) is 35.1 Å². The number of alkyl halides is 8. The first-order valence-corrected chi connectivity index (χ1v) is 3.06. The first-order valence-electron chi connectivity index (χ1n) is 3.06. The number of hydrogen-bond acceptors (Lipinski definition) is 1. The third-order valence-electron chi connectivity index (χ3n) is 1.27. The second-order valence-electron chi connectivity index (χ2n) is 2.34. The maximum atomic E-state index is 12.1. The van der Waals surface area contributed by atoms with E-state index in [0.717, 1.165) is 0 Å². The van der Waals surface area contributed by atoms with Gasteiger partial charge < -0.3 is 5.11 Å². The molecule has 0 spiro atoms. The summed E-state index contributed by atoms with van der Waals surface area (Å²) in [6.07, 6.45) is -18.7. The molecule has 86 valence electrons. The fourth-order valence-corrected chi connectivity index (χ4v) is 0.494. The van der Waals surface area contributed by atoms with Gasteiger partial charge in [-0.3, -0.25) is 0 Å². The van der Waals surface area contributed by atoms with Crippen molar-refractivity contribution in [2.75, 3.05) is 0 Å². The van der Waals surface area contributed by atoms with Crippen LogP contribution in [0.1, 0.15) is 0 Å². The normalized spacial score (nSPS) is 18.4. The molecule has 0 aromatic carbocycles. The molecule has 9 heteroatoms. The van der Waals surface area contributed by atoms with E-state index in [1.165, 1.54) is 0 Å². The van der Waals surface area contributed by atoms with Gasteiger partial charge in [0.2, 0.25) is 6.17 Å². The third kappa shape index (κ3) is 2.46. The molecular formula is C5H4F8O. The van der Waals surface area contributed by atoms with Crippen molar-refractivity contribution in [3.63, 3.8) is 0 Å². The van der Waals surface area contributed by atoms with Crippen LogP contribution in [0.3, 0.4) is 0 Å². The molecule has 0 fully saturated rings. The molecule has 0 rings (SSSR count). The van der Waals surface area contributed by atoms with Gasteiger partial charge in [0.15, 0.2) is 6.17 Å². The van der Waals surface area contributed by atoms with Crippen molar-refractivity contribution in [3.8, 4) is 0 Å². The molecule has 0 heterocycles. The van der Waals surface area contributed by atoms with E-state index in [2.05, 4.69) is 0 Å². The third-order valence-corrected chi connectivity index (χ3v) is 1.27. The zero-order valence-corrected chi connectivity index (χ0v) is 6.20. The average molecular weight is 232 g/mol. The van der Waals surface area contributed by atoms with Crippen LogP contribution in [0.2, 0.25) is 0 Å². The van der Waals surface area contributed by atoms with E-state index >= 15 is 0 Å². The SMILES string of the molecule is OC(F)(F)C(F)(F)C(F)C(F)C(F)F. The molecule has 0 bridgehead atoms. The van der Waals surface area contributed by atoms with Gasteiger partial charge >= 0.3 is 12.0 Å². The Morgan fingerprint density at radius 1 is 0.857 bits per heavy atom. The molecule has 0 saturated heterocycles. The maximum Gasteiger partial charge on any atom is 0.420 e. The molecule has 0 aliphatic rings. The zero-order chi connectivity index (χ0) is 11.7. The van der Waals surface area contributed by atoms with Gasteiger partial charge in [-0.25, -0.2) is 17.6 Å². The van der Waals surface area contributed by atoms with E-state index < -0.39 is 30.8 Å². The molecular weight excluding hydrogens is 228 g/mol. The Hall–Kier alpha value is -0.600. The first kappa shape index (κ1) is 13.4. The van der Waals surface area contributed by atoms with Crippen LogP contribution in [0.4, 0.5) is 35.1 Å². The minimum absolute atomic E-state index is 4.09. The van der Waals surface area contributed by atoms with Gasteiger partial charge in [-0.15, -0.1) is 0 Å². The molecule has 0 aromatic rings. The summed E-state index contributed by atoms with van der Waals surface area (Å²) in [5, 5.41) is 7.41. The summed E-state index contributed by atoms with van der Waals surface area (Å²) in [5.41, 5.74) is 0. The molecule has 1 nitrogen and oxygen atoms in total. The lowest BCUT2D eigenvalue weighted by Gasteiger charge is -2.26. The highest BCUT2D eigenvalue weighted by Crippen LogP contribution is 2.39. The Morgan fingerprint density at radius 3 is 1.43 bits per heavy atom. The van der Waals surface area contributed by atoms with Crippen LogP contribution in [-0.4, -0.2) is 35.9 Å². The van der Waals surface area contributed by atoms with Gasteiger partial charge in [0.1, 0.15) is 0 Å². The van der Waals surface area contributed by atoms with Crippen LogP contribution >= 0.6 is 0 Å². The second-order valence-corrected chi connectivity index (χ2v) is 2.34. The van der Waals surface area contributed by atoms with E-state index in [0.29, 0.717) is 0 Å². The molecule has 0 aliphatic heterocycles. The van der Waals surface area contributed by atoms with Crippen molar-refractivity contribution in [2.45, 2.75) is 30.8 Å². The summed E-state index contributed by atoms with van der Waals surface area (Å²) < 4.78 is 93.6. The highest BCUT2D eigenvalue weighted by atomic mass is 19.3. The Morgan fingerprint density at radius 2 is 1.21 bits per heavy atom. The van der Waals surface area contributed by atoms with Crippen LogP contribution in [0.5, 0.6) is 0 Å². The van der Waals surface area contributed by atoms with Gasteiger partial charge in [0.25, 0.3) is 6.43 Å². The van der Waals surface area contributed by atoms with Gasteiger partial charge in [-0.1, -0.05) is 0 Å². The minimum Gasteiger partial charge on any atom is -0.331 e. The quantitative estimate of drug-likeness (QED) is 0.736. The highest BCUT2D eigenvalue weighted by molar-refractivity contribution is 4.89. The van der Waals surface area contributed by atoms with Crippen LogP contribution in [0.25, 0.3) is 0 Å². The molecule has 0 radical (unpaired) electrons. The van der Waals surface area contributed by atoms with Crippen molar-refractivity contribution in [1.82, 2.24) is 0 Å². The van der Waals surface area contributed by atoms with Crippen LogP contribution < -0.4 is 0 Å². The Balaban J connectivity index is 4.75. The van der Waals surface area contributed by atoms with Gasteiger partial charge in [-0.2, -0.15) is 17.6 Å². The van der Waals surface area contributed by atoms with Crippen molar-refractivity contribution in [2.24, 2.45) is 0 Å². The molecule has 0 aliphatic carbocycles. The van der Waals surface area contributed by atoms with E-state index in [1.807, 2.05) is 0 Å². The number of rotatable bonds is 4. The first-order chi connectivity index (χ1) is 6.01. The smallest absolute Gasteiger partial charge is 0.331 e. The van der Waals surface area contributed by atoms with Gasteiger partial charge in [0.05, 0.1) is 0 Å². The van der Waals surface area contributed by atoms with Crippen molar-refractivity contribution < 1.29 is 40.2 Å². The predicted octanol–water partition coefficient (Wildman–Crippen LogP) is 2.15. The van der Waals surface area contributed by atoms with Crippen molar-refractivity contribution >= 4 is 0 Å². The maximum absolute atomic E-state index is 12.1. The molecule has 0 aromatic heterocycles. The lowest BCUT2D eigenvalue weighted by molar-refractivity contribution is -0.349. The summed E-state index contributed by atoms with van der Waals surface area (Å²) in [7, 11) is 0. The van der Waals surface area contributed by atoms with Gasteiger partial charge in [0, 0.05) is 0 Å². The topological polar surface area (TPSA) is 20.2 Å². The summed E-state index contributed by atoms with van der Waals surface area (Å²) in [6.45, 7) is 0. The summed E-state index contributed by atoms with van der Waals surface area (Å²) >= 11 is 0. The lowest BCUT2D eigenvalue weighted by Crippen LogP contribution is -2.52. The fraction of sp³-hybridized carbons (Fsp3) is 1.00. The number of hydrogen-bond donors (Lipinski definition) is 1. The van der Waals surface area contributed by atoms with Crippen LogP contribution in [0, 0.1) is 0 Å². The highest BCUT2D eigenvalue weighted by Gasteiger charge is 2.65. The molecule has 2 unspecified atom stereocenters. The van der Waals surface area contributed by atoms with Crippen LogP contribution in [-0.2, 0) is 0 Å². The fourth-order valence-electron chi connectivity index (χ4n) is 0.494. The zero-order valence-electron chi connectivity index (χ0n) is 6.20. The minimum atomic E-state index is -5.90. The van der Waals surface area contributed by atoms with Crippen molar-refractivity contribution in [3.05, 3.63) is 0 Å². The number of halogens is 8. The molecule has 1 N–H and O–H groups in total. The van der Waals surface area contributed by atoms with E-state index in [-0.39, 0.29) is 0 Å². The van der Waals surface area contributed by atoms with Crippen molar-refractivity contribution in [1.29, 1.82) is 0 Å². The molecule has 14 heavy (non-hydrogen) atoms. The number of aliphatic hydroxyl groups is 1. The largest absolute Gasteiger partial charge is 0.420 e. The average Bonchev–Trinajstić information content (AvgIpc) is 1.99. The second kappa shape index (κ2) is 3.87.